The van der Waals surface area contributed by atoms with Crippen molar-refractivity contribution < 1.29 is 27.9 Å². The lowest BCUT2D eigenvalue weighted by Crippen LogP contribution is -2.56. The van der Waals surface area contributed by atoms with Gasteiger partial charge in [0, 0.05) is 24.3 Å². The lowest BCUT2D eigenvalue weighted by Gasteiger charge is -2.34. The molecule has 0 aromatic rings. The Balaban J connectivity index is 2.84. The number of urea groups is 1. The summed E-state index contributed by atoms with van der Waals surface area (Å²) in [5.41, 5.74) is 4.92. The van der Waals surface area contributed by atoms with Crippen LogP contribution in [0.15, 0.2) is 0 Å². The minimum absolute atomic E-state index is 0.178. The van der Waals surface area contributed by atoms with Crippen molar-refractivity contribution in [1.82, 2.24) is 10.2 Å². The van der Waals surface area contributed by atoms with E-state index in [4.69, 9.17) is 10.8 Å². The zero-order valence-electron chi connectivity index (χ0n) is 11.3. The minimum Gasteiger partial charge on any atom is -0.480 e. The fourth-order valence-corrected chi connectivity index (χ4v) is 4.62. The highest BCUT2D eigenvalue weighted by Gasteiger charge is 2.35. The second kappa shape index (κ2) is 6.98. The Morgan fingerprint density at radius 3 is 2.57 bits per heavy atom. The van der Waals surface area contributed by atoms with Crippen molar-refractivity contribution in [1.29, 1.82) is 0 Å². The lowest BCUT2D eigenvalue weighted by molar-refractivity contribution is -0.140. The summed E-state index contributed by atoms with van der Waals surface area (Å²) >= 11 is 1.40. The van der Waals surface area contributed by atoms with Gasteiger partial charge in [0.05, 0.1) is 6.42 Å². The molecule has 2 atom stereocenters. The summed E-state index contributed by atoms with van der Waals surface area (Å²) < 4.78 is 23.3. The molecule has 1 aliphatic rings. The van der Waals surface area contributed by atoms with Gasteiger partial charge in [0.25, 0.3) is 0 Å². The molecule has 0 aliphatic carbocycles. The topological polar surface area (TPSA) is 147 Å². The minimum atomic E-state index is -3.49. The van der Waals surface area contributed by atoms with E-state index < -0.39 is 45.6 Å². The Hall–Kier alpha value is -1.49. The smallest absolute Gasteiger partial charge is 0.326 e. The molecule has 11 heteroatoms. The van der Waals surface area contributed by atoms with Gasteiger partial charge in [-0.25, -0.2) is 18.0 Å². The molecule has 120 valence electrons. The summed E-state index contributed by atoms with van der Waals surface area (Å²) in [6.45, 7) is 0.178. The van der Waals surface area contributed by atoms with Crippen molar-refractivity contribution in [2.45, 2.75) is 17.8 Å². The van der Waals surface area contributed by atoms with Gasteiger partial charge in [-0.2, -0.15) is 11.8 Å². The molecule has 1 unspecified atom stereocenters. The largest absolute Gasteiger partial charge is 0.480 e. The third-order valence-electron chi connectivity index (χ3n) is 2.84. The van der Waals surface area contributed by atoms with Crippen LogP contribution in [-0.4, -0.2) is 72.1 Å². The fourth-order valence-electron chi connectivity index (χ4n) is 1.80. The number of carbonyl (C=O) groups is 3. The molecular weight excluding hydrogens is 322 g/mol. The van der Waals surface area contributed by atoms with E-state index >= 15 is 0 Å². The molecule has 1 aliphatic heterocycles. The second-order valence-corrected chi connectivity index (χ2v) is 7.92. The molecule has 0 spiro atoms. The molecular formula is C10H17N3O6S2. The predicted molar refractivity (Wildman–Crippen MR) is 76.4 cm³/mol. The van der Waals surface area contributed by atoms with E-state index in [2.05, 4.69) is 5.32 Å². The van der Waals surface area contributed by atoms with Gasteiger partial charge in [-0.1, -0.05) is 0 Å². The highest BCUT2D eigenvalue weighted by Crippen LogP contribution is 2.20. The SMILES string of the molecule is CS(=O)(=O)C1CSCCN1C(=O)N[C@@H](CC(N)=O)C(=O)O. The molecule has 0 saturated carbocycles. The number of hydrogen-bond donors (Lipinski definition) is 3. The van der Waals surface area contributed by atoms with Crippen LogP contribution >= 0.6 is 11.8 Å². The van der Waals surface area contributed by atoms with Crippen molar-refractivity contribution >= 4 is 39.5 Å². The third kappa shape index (κ3) is 5.08. The Kier molecular flexibility index (Phi) is 5.84. The van der Waals surface area contributed by atoms with Gasteiger partial charge >= 0.3 is 12.0 Å². The number of amides is 3. The van der Waals surface area contributed by atoms with E-state index in [1.165, 1.54) is 11.8 Å². The number of thioether (sulfide) groups is 1. The molecule has 9 nitrogen and oxygen atoms in total. The monoisotopic (exact) mass is 339 g/mol. The van der Waals surface area contributed by atoms with E-state index in [1.54, 1.807) is 0 Å². The molecule has 1 saturated heterocycles. The molecule has 0 radical (unpaired) electrons. The molecule has 1 heterocycles. The van der Waals surface area contributed by atoms with Crippen LogP contribution in [0.2, 0.25) is 0 Å². The van der Waals surface area contributed by atoms with Crippen molar-refractivity contribution in [2.75, 3.05) is 24.3 Å². The van der Waals surface area contributed by atoms with E-state index in [0.717, 1.165) is 11.2 Å². The lowest BCUT2D eigenvalue weighted by atomic mass is 10.2. The number of nitrogens with zero attached hydrogens (tertiary/aromatic N) is 1. The molecule has 4 N–H and O–H groups in total. The van der Waals surface area contributed by atoms with Crippen LogP contribution in [0.4, 0.5) is 4.79 Å². The zero-order valence-corrected chi connectivity index (χ0v) is 12.9. The number of primary amides is 1. The van der Waals surface area contributed by atoms with Crippen LogP contribution in [0, 0.1) is 0 Å². The normalized spacial score (nSPS) is 20.6. The van der Waals surface area contributed by atoms with Crippen molar-refractivity contribution in [3.8, 4) is 0 Å². The summed E-state index contributed by atoms with van der Waals surface area (Å²) in [6.07, 6.45) is 0.453. The molecule has 1 rings (SSSR count). The van der Waals surface area contributed by atoms with Gasteiger partial charge in [-0.15, -0.1) is 0 Å². The number of nitrogens with two attached hydrogens (primary N) is 1. The maximum Gasteiger partial charge on any atom is 0.326 e. The maximum absolute atomic E-state index is 12.1. The highest BCUT2D eigenvalue weighted by molar-refractivity contribution is 8.00. The van der Waals surface area contributed by atoms with Gasteiger partial charge in [0.2, 0.25) is 5.91 Å². The number of sulfone groups is 1. The summed E-state index contributed by atoms with van der Waals surface area (Å²) in [4.78, 5) is 34.9. The van der Waals surface area contributed by atoms with E-state index in [0.29, 0.717) is 5.75 Å². The second-order valence-electron chi connectivity index (χ2n) is 4.56. The molecule has 0 aromatic heterocycles. The summed E-state index contributed by atoms with van der Waals surface area (Å²) in [5, 5.41) is 10.0. The third-order valence-corrected chi connectivity index (χ3v) is 5.48. The number of rotatable bonds is 5. The van der Waals surface area contributed by atoms with Crippen LogP contribution in [0.1, 0.15) is 6.42 Å². The summed E-state index contributed by atoms with van der Waals surface area (Å²) in [7, 11) is -3.49. The number of nitrogens with one attached hydrogen (secondary N) is 1. The zero-order chi connectivity index (χ0) is 16.2. The van der Waals surface area contributed by atoms with E-state index in [1.807, 2.05) is 0 Å². The van der Waals surface area contributed by atoms with Crippen molar-refractivity contribution in [3.05, 3.63) is 0 Å². The number of aliphatic carboxylic acids is 1. The van der Waals surface area contributed by atoms with Crippen LogP contribution in [0.25, 0.3) is 0 Å². The van der Waals surface area contributed by atoms with Gasteiger partial charge < -0.3 is 21.1 Å². The molecule has 1 fully saturated rings. The quantitative estimate of drug-likeness (QED) is 0.549. The van der Waals surface area contributed by atoms with Crippen LogP contribution in [0.3, 0.4) is 0 Å². The Bertz CT molecular complexity index is 535. The van der Waals surface area contributed by atoms with Crippen LogP contribution in [-0.2, 0) is 19.4 Å². The average Bonchev–Trinajstić information content (AvgIpc) is 2.36. The van der Waals surface area contributed by atoms with Gasteiger partial charge in [-0.05, 0) is 0 Å². The molecule has 0 bridgehead atoms. The highest BCUT2D eigenvalue weighted by atomic mass is 32.2. The average molecular weight is 339 g/mol. The first-order valence-corrected chi connectivity index (χ1v) is 9.08. The van der Waals surface area contributed by atoms with Crippen LogP contribution in [0.5, 0.6) is 0 Å². The molecule has 3 amide bonds. The van der Waals surface area contributed by atoms with Crippen molar-refractivity contribution in [2.24, 2.45) is 5.73 Å². The Morgan fingerprint density at radius 2 is 2.10 bits per heavy atom. The standard InChI is InChI=1S/C10H17N3O6S2/c1-21(18,19)8-5-20-3-2-13(8)10(17)12-6(9(15)16)4-7(11)14/h6,8H,2-5H2,1H3,(H2,11,14)(H,12,17)(H,15,16)/t6-,8?/m0/s1. The number of carboxylic acid groups (broad SMARTS) is 1. The van der Waals surface area contributed by atoms with E-state index in [-0.39, 0.29) is 12.3 Å². The van der Waals surface area contributed by atoms with E-state index in [9.17, 15) is 22.8 Å². The Morgan fingerprint density at radius 1 is 1.48 bits per heavy atom. The van der Waals surface area contributed by atoms with Gasteiger partial charge in [0.15, 0.2) is 9.84 Å². The predicted octanol–water partition coefficient (Wildman–Crippen LogP) is -1.56. The first-order chi connectivity index (χ1) is 9.62. The number of carbonyl (C=O) groups excluding carboxylic acids is 2. The van der Waals surface area contributed by atoms with Crippen molar-refractivity contribution in [3.63, 3.8) is 0 Å². The first-order valence-electron chi connectivity index (χ1n) is 5.97. The Labute approximate surface area is 126 Å². The first kappa shape index (κ1) is 17.6. The van der Waals surface area contributed by atoms with Gasteiger partial charge in [0.1, 0.15) is 11.4 Å². The maximum atomic E-state index is 12.1. The van der Waals surface area contributed by atoms with Gasteiger partial charge in [-0.3, -0.25) is 4.79 Å². The number of hydrogen-bond acceptors (Lipinski definition) is 6. The summed E-state index contributed by atoms with van der Waals surface area (Å²) in [5.74, 6) is -1.52. The molecule has 21 heavy (non-hydrogen) atoms. The summed E-state index contributed by atoms with van der Waals surface area (Å²) in [6, 6.07) is -2.32. The van der Waals surface area contributed by atoms with Crippen LogP contribution < -0.4 is 11.1 Å². The molecule has 0 aromatic carbocycles. The number of carboxylic acids is 1. The fraction of sp³-hybridized carbons (Fsp3) is 0.700.